The van der Waals surface area contributed by atoms with Crippen LogP contribution in [0.15, 0.2) is 14.7 Å². The number of thiophene rings is 1. The molecule has 0 aliphatic heterocycles. The molecule has 0 aromatic carbocycles. The third-order valence-corrected chi connectivity index (χ3v) is 7.09. The zero-order chi connectivity index (χ0) is 14.9. The van der Waals surface area contributed by atoms with Crippen LogP contribution < -0.4 is 0 Å². The Morgan fingerprint density at radius 3 is 2.75 bits per heavy atom. The summed E-state index contributed by atoms with van der Waals surface area (Å²) in [6.07, 6.45) is 1.59. The summed E-state index contributed by atoms with van der Waals surface area (Å²) in [6, 6.07) is 1.25. The highest BCUT2D eigenvalue weighted by atomic mass is 79.9. The minimum Gasteiger partial charge on any atom is -0.465 e. The van der Waals surface area contributed by atoms with Gasteiger partial charge >= 0.3 is 5.97 Å². The molecule has 1 aromatic rings. The van der Waals surface area contributed by atoms with E-state index in [1.54, 1.807) is 0 Å². The normalized spacial score (nSPS) is 15.6. The number of methoxy groups -OCH3 is 1. The first kappa shape index (κ1) is 15.9. The van der Waals surface area contributed by atoms with Gasteiger partial charge in [-0.2, -0.15) is 4.31 Å². The summed E-state index contributed by atoms with van der Waals surface area (Å²) in [4.78, 5) is 11.7. The van der Waals surface area contributed by atoms with Gasteiger partial charge in [0.15, 0.2) is 0 Å². The van der Waals surface area contributed by atoms with Gasteiger partial charge in [-0.15, -0.1) is 11.3 Å². The minimum absolute atomic E-state index is 0.0447. The first-order valence-electron chi connectivity index (χ1n) is 5.92. The molecule has 1 heterocycles. The molecule has 9 heteroatoms. The maximum atomic E-state index is 12.6. The van der Waals surface area contributed by atoms with Crippen molar-refractivity contribution in [3.05, 3.63) is 14.7 Å². The Morgan fingerprint density at radius 2 is 2.25 bits per heavy atom. The molecular formula is C11H14BrNO5S2. The smallest absolute Gasteiger partial charge is 0.348 e. The van der Waals surface area contributed by atoms with E-state index in [-0.39, 0.29) is 29.0 Å². The molecule has 1 fully saturated rings. The molecule has 1 N–H and O–H groups in total. The number of halogens is 1. The van der Waals surface area contributed by atoms with E-state index in [0.29, 0.717) is 3.79 Å². The number of hydrogen-bond acceptors (Lipinski definition) is 6. The Hall–Kier alpha value is -0.480. The second kappa shape index (κ2) is 6.10. The van der Waals surface area contributed by atoms with Crippen LogP contribution in [0.4, 0.5) is 0 Å². The molecule has 0 spiro atoms. The first-order valence-corrected chi connectivity index (χ1v) is 8.97. The van der Waals surface area contributed by atoms with Crippen molar-refractivity contribution < 1.29 is 23.1 Å². The number of esters is 1. The highest BCUT2D eigenvalue weighted by Gasteiger charge is 2.39. The van der Waals surface area contributed by atoms with E-state index < -0.39 is 16.0 Å². The van der Waals surface area contributed by atoms with Crippen LogP contribution in [-0.2, 0) is 14.8 Å². The summed E-state index contributed by atoms with van der Waals surface area (Å²) >= 11 is 4.20. The van der Waals surface area contributed by atoms with Gasteiger partial charge in [-0.1, -0.05) is 0 Å². The van der Waals surface area contributed by atoms with E-state index in [1.165, 1.54) is 17.5 Å². The van der Waals surface area contributed by atoms with Gasteiger partial charge < -0.3 is 9.84 Å². The standard InChI is InChI=1S/C11H14BrNO5S2/c1-18-11(15)8-6-9(10(12)19-8)20(16,17)13(4-5-14)7-2-3-7/h6-7,14H,2-5H2,1H3. The van der Waals surface area contributed by atoms with Gasteiger partial charge in [0.25, 0.3) is 0 Å². The van der Waals surface area contributed by atoms with Gasteiger partial charge in [0.05, 0.1) is 17.5 Å². The van der Waals surface area contributed by atoms with Crippen LogP contribution in [0, 0.1) is 0 Å². The molecule has 20 heavy (non-hydrogen) atoms. The van der Waals surface area contributed by atoms with Gasteiger partial charge in [-0.25, -0.2) is 13.2 Å². The molecule has 0 radical (unpaired) electrons. The lowest BCUT2D eigenvalue weighted by Gasteiger charge is -2.20. The van der Waals surface area contributed by atoms with Crippen LogP contribution in [0.1, 0.15) is 22.5 Å². The van der Waals surface area contributed by atoms with Crippen molar-refractivity contribution in [2.45, 2.75) is 23.8 Å². The van der Waals surface area contributed by atoms with Crippen molar-refractivity contribution in [3.8, 4) is 0 Å². The second-order valence-corrected chi connectivity index (χ2v) is 8.54. The molecule has 1 aliphatic rings. The molecule has 1 aromatic heterocycles. The predicted octanol–water partition coefficient (Wildman–Crippen LogP) is 1.44. The monoisotopic (exact) mass is 383 g/mol. The Kier molecular flexibility index (Phi) is 4.85. The van der Waals surface area contributed by atoms with Crippen LogP contribution in [-0.4, -0.2) is 50.1 Å². The van der Waals surface area contributed by atoms with E-state index in [4.69, 9.17) is 5.11 Å². The van der Waals surface area contributed by atoms with Crippen molar-refractivity contribution in [1.29, 1.82) is 0 Å². The molecule has 112 valence electrons. The molecule has 0 amide bonds. The number of sulfonamides is 1. The van der Waals surface area contributed by atoms with Crippen LogP contribution in [0.2, 0.25) is 0 Å². The number of carbonyl (C=O) groups excluding carboxylic acids is 1. The Labute approximate surface area is 129 Å². The van der Waals surface area contributed by atoms with Crippen LogP contribution in [0.5, 0.6) is 0 Å². The number of rotatable bonds is 6. The van der Waals surface area contributed by atoms with Crippen molar-refractivity contribution >= 4 is 43.3 Å². The third kappa shape index (κ3) is 3.06. The number of aliphatic hydroxyl groups excluding tert-OH is 1. The maximum Gasteiger partial charge on any atom is 0.348 e. The summed E-state index contributed by atoms with van der Waals surface area (Å²) in [5, 5.41) is 9.04. The Balaban J connectivity index is 2.37. The zero-order valence-corrected chi connectivity index (χ0v) is 13.9. The summed E-state index contributed by atoms with van der Waals surface area (Å²) < 4.78 is 31.4. The SMILES string of the molecule is COC(=O)c1cc(S(=O)(=O)N(CCO)C2CC2)c(Br)s1. The molecule has 0 unspecified atom stereocenters. The molecule has 1 saturated carbocycles. The minimum atomic E-state index is -3.72. The van der Waals surface area contributed by atoms with Gasteiger partial charge in [-0.3, -0.25) is 0 Å². The molecule has 1 aliphatic carbocycles. The lowest BCUT2D eigenvalue weighted by molar-refractivity contribution is 0.0606. The summed E-state index contributed by atoms with van der Waals surface area (Å²) in [7, 11) is -2.48. The van der Waals surface area contributed by atoms with E-state index in [9.17, 15) is 13.2 Å². The fraction of sp³-hybridized carbons (Fsp3) is 0.545. The average Bonchev–Trinajstić information content (AvgIpc) is 3.16. The quantitative estimate of drug-likeness (QED) is 0.751. The van der Waals surface area contributed by atoms with Crippen LogP contribution in [0.3, 0.4) is 0 Å². The molecular weight excluding hydrogens is 370 g/mol. The lowest BCUT2D eigenvalue weighted by Crippen LogP contribution is -2.35. The van der Waals surface area contributed by atoms with Gasteiger partial charge in [0, 0.05) is 12.6 Å². The highest BCUT2D eigenvalue weighted by Crippen LogP contribution is 2.37. The molecule has 0 saturated heterocycles. The molecule has 0 bridgehead atoms. The van der Waals surface area contributed by atoms with E-state index in [1.807, 2.05) is 0 Å². The largest absolute Gasteiger partial charge is 0.465 e. The van der Waals surface area contributed by atoms with Gasteiger partial charge in [-0.05, 0) is 34.8 Å². The lowest BCUT2D eigenvalue weighted by atomic mass is 10.5. The zero-order valence-electron chi connectivity index (χ0n) is 10.7. The van der Waals surface area contributed by atoms with Crippen molar-refractivity contribution in [1.82, 2.24) is 4.31 Å². The second-order valence-electron chi connectivity index (χ2n) is 4.31. The molecule has 2 rings (SSSR count). The van der Waals surface area contributed by atoms with Crippen molar-refractivity contribution in [2.75, 3.05) is 20.3 Å². The number of carbonyl (C=O) groups is 1. The van der Waals surface area contributed by atoms with E-state index in [2.05, 4.69) is 20.7 Å². The topological polar surface area (TPSA) is 83.9 Å². The van der Waals surface area contributed by atoms with E-state index in [0.717, 1.165) is 24.2 Å². The predicted molar refractivity (Wildman–Crippen MR) is 77.4 cm³/mol. The number of hydrogen-bond donors (Lipinski definition) is 1. The van der Waals surface area contributed by atoms with Gasteiger partial charge in [0.1, 0.15) is 9.77 Å². The highest BCUT2D eigenvalue weighted by molar-refractivity contribution is 9.11. The average molecular weight is 384 g/mol. The number of ether oxygens (including phenoxy) is 1. The molecule has 6 nitrogen and oxygen atoms in total. The molecule has 0 atom stereocenters. The Morgan fingerprint density at radius 1 is 1.60 bits per heavy atom. The third-order valence-electron chi connectivity index (χ3n) is 2.90. The van der Waals surface area contributed by atoms with Crippen LogP contribution >= 0.6 is 27.3 Å². The van der Waals surface area contributed by atoms with Crippen LogP contribution in [0.25, 0.3) is 0 Å². The number of nitrogens with zero attached hydrogens (tertiary/aromatic N) is 1. The first-order chi connectivity index (χ1) is 9.41. The summed E-state index contributed by atoms with van der Waals surface area (Å²) in [5.74, 6) is -0.572. The Bertz CT molecular complexity index is 608. The van der Waals surface area contributed by atoms with Crippen molar-refractivity contribution in [3.63, 3.8) is 0 Å². The van der Waals surface area contributed by atoms with Gasteiger partial charge in [0.2, 0.25) is 10.0 Å². The fourth-order valence-electron chi connectivity index (χ4n) is 1.82. The van der Waals surface area contributed by atoms with Crippen molar-refractivity contribution in [2.24, 2.45) is 0 Å². The van der Waals surface area contributed by atoms with E-state index >= 15 is 0 Å². The summed E-state index contributed by atoms with van der Waals surface area (Å²) in [6.45, 7) is -0.176. The number of aliphatic hydroxyl groups is 1. The fourth-order valence-corrected chi connectivity index (χ4v) is 5.93. The maximum absolute atomic E-state index is 12.6. The summed E-state index contributed by atoms with van der Waals surface area (Å²) in [5.41, 5.74) is 0.